The SMILES string of the molecule is O=C(OC1C(O)OC(CO)[C@@H](OC(=O)c2ccccc2)[C@@H]1OC(=O)c1ccccc1)c1ccccc1. The molecule has 0 saturated carbocycles. The van der Waals surface area contributed by atoms with Crippen molar-refractivity contribution in [2.75, 3.05) is 6.61 Å². The van der Waals surface area contributed by atoms with Gasteiger partial charge >= 0.3 is 17.9 Å². The molecule has 0 aromatic heterocycles. The zero-order chi connectivity index (χ0) is 25.5. The van der Waals surface area contributed by atoms with E-state index in [0.717, 1.165) is 0 Å². The van der Waals surface area contributed by atoms with Crippen LogP contribution in [-0.4, -0.2) is 65.4 Å². The zero-order valence-electron chi connectivity index (χ0n) is 19.0. The van der Waals surface area contributed by atoms with Gasteiger partial charge in [0.05, 0.1) is 23.3 Å². The quantitative estimate of drug-likeness (QED) is 0.377. The van der Waals surface area contributed by atoms with E-state index in [-0.39, 0.29) is 16.7 Å². The van der Waals surface area contributed by atoms with Crippen molar-refractivity contribution in [1.29, 1.82) is 0 Å². The molecule has 3 aromatic carbocycles. The molecule has 1 saturated heterocycles. The fourth-order valence-electron chi connectivity index (χ4n) is 3.74. The summed E-state index contributed by atoms with van der Waals surface area (Å²) in [7, 11) is 0. The average Bonchev–Trinajstić information content (AvgIpc) is 2.93. The second-order valence-electron chi connectivity index (χ2n) is 7.96. The van der Waals surface area contributed by atoms with Crippen LogP contribution in [0.15, 0.2) is 91.0 Å². The van der Waals surface area contributed by atoms with E-state index in [4.69, 9.17) is 18.9 Å². The molecule has 5 atom stereocenters. The Hall–Kier alpha value is -4.05. The molecule has 1 heterocycles. The summed E-state index contributed by atoms with van der Waals surface area (Å²) in [6, 6.07) is 24.0. The van der Waals surface area contributed by atoms with Crippen molar-refractivity contribution in [3.8, 4) is 0 Å². The van der Waals surface area contributed by atoms with E-state index in [1.807, 2.05) is 0 Å². The molecule has 1 aliphatic rings. The van der Waals surface area contributed by atoms with Gasteiger partial charge in [0.15, 0.2) is 24.6 Å². The maximum absolute atomic E-state index is 12.9. The van der Waals surface area contributed by atoms with E-state index in [2.05, 4.69) is 0 Å². The van der Waals surface area contributed by atoms with Crippen LogP contribution >= 0.6 is 0 Å². The Morgan fingerprint density at radius 2 is 0.972 bits per heavy atom. The van der Waals surface area contributed by atoms with Crippen LogP contribution in [0.3, 0.4) is 0 Å². The summed E-state index contributed by atoms with van der Waals surface area (Å²) in [6.07, 6.45) is -7.53. The van der Waals surface area contributed by atoms with Crippen LogP contribution in [0.1, 0.15) is 31.1 Å². The van der Waals surface area contributed by atoms with Gasteiger partial charge in [-0.1, -0.05) is 54.6 Å². The van der Waals surface area contributed by atoms with Crippen LogP contribution < -0.4 is 0 Å². The number of aliphatic hydroxyl groups is 2. The van der Waals surface area contributed by atoms with Crippen molar-refractivity contribution in [3.05, 3.63) is 108 Å². The number of hydrogen-bond acceptors (Lipinski definition) is 9. The van der Waals surface area contributed by atoms with Gasteiger partial charge in [0.2, 0.25) is 0 Å². The molecule has 3 aromatic rings. The van der Waals surface area contributed by atoms with Gasteiger partial charge in [0.1, 0.15) is 6.10 Å². The van der Waals surface area contributed by atoms with Crippen molar-refractivity contribution in [1.82, 2.24) is 0 Å². The fourth-order valence-corrected chi connectivity index (χ4v) is 3.74. The monoisotopic (exact) mass is 492 g/mol. The average molecular weight is 492 g/mol. The standard InChI is InChI=1S/C27H24O9/c28-16-20-21(34-24(29)17-10-4-1-5-11-17)22(35-25(30)18-12-6-2-7-13-18)23(27(32)33-20)36-26(31)19-14-8-3-9-15-19/h1-15,20-23,27-28,32H,16H2/t20?,21-,22+,23?,27?/m1/s1. The normalized spacial score (nSPS) is 23.3. The molecule has 0 bridgehead atoms. The fraction of sp³-hybridized carbons (Fsp3) is 0.222. The smallest absolute Gasteiger partial charge is 0.338 e. The first-order valence-electron chi connectivity index (χ1n) is 11.2. The Kier molecular flexibility index (Phi) is 8.06. The van der Waals surface area contributed by atoms with Gasteiger partial charge in [-0.25, -0.2) is 14.4 Å². The molecule has 9 nitrogen and oxygen atoms in total. The second kappa shape index (κ2) is 11.6. The molecule has 0 amide bonds. The molecule has 36 heavy (non-hydrogen) atoms. The van der Waals surface area contributed by atoms with Gasteiger partial charge in [-0.3, -0.25) is 0 Å². The van der Waals surface area contributed by atoms with Crippen LogP contribution in [0.4, 0.5) is 0 Å². The molecule has 2 N–H and O–H groups in total. The van der Waals surface area contributed by atoms with Crippen LogP contribution in [-0.2, 0) is 18.9 Å². The van der Waals surface area contributed by atoms with Crippen LogP contribution in [0.5, 0.6) is 0 Å². The number of esters is 3. The van der Waals surface area contributed by atoms with Crippen LogP contribution in [0.25, 0.3) is 0 Å². The molecule has 0 spiro atoms. The molecule has 1 fully saturated rings. The van der Waals surface area contributed by atoms with Gasteiger partial charge in [0.25, 0.3) is 0 Å². The summed E-state index contributed by atoms with van der Waals surface area (Å²) >= 11 is 0. The Bertz CT molecular complexity index is 1170. The van der Waals surface area contributed by atoms with Gasteiger partial charge in [-0.05, 0) is 36.4 Å². The summed E-state index contributed by atoms with van der Waals surface area (Å²) in [4.78, 5) is 38.5. The first kappa shape index (κ1) is 25.1. The summed E-state index contributed by atoms with van der Waals surface area (Å²) < 4.78 is 22.1. The summed E-state index contributed by atoms with van der Waals surface area (Å²) in [5, 5.41) is 20.5. The number of aliphatic hydroxyl groups excluding tert-OH is 2. The Labute approximate surface area is 206 Å². The lowest BCUT2D eigenvalue weighted by Gasteiger charge is -2.42. The zero-order valence-corrected chi connectivity index (χ0v) is 19.0. The molecular formula is C27H24O9. The molecular weight excluding hydrogens is 468 g/mol. The summed E-state index contributed by atoms with van der Waals surface area (Å²) in [5.74, 6) is -2.42. The number of rotatable bonds is 7. The lowest BCUT2D eigenvalue weighted by atomic mass is 9.98. The molecule has 0 radical (unpaired) electrons. The molecule has 4 rings (SSSR count). The third-order valence-electron chi connectivity index (χ3n) is 5.55. The number of ether oxygens (including phenoxy) is 4. The third-order valence-corrected chi connectivity index (χ3v) is 5.55. The topological polar surface area (TPSA) is 129 Å². The number of benzene rings is 3. The molecule has 9 heteroatoms. The maximum atomic E-state index is 12.9. The largest absolute Gasteiger partial charge is 0.452 e. The van der Waals surface area contributed by atoms with Gasteiger partial charge in [-0.15, -0.1) is 0 Å². The predicted octanol–water partition coefficient (Wildman–Crippen LogP) is 2.37. The first-order chi connectivity index (χ1) is 17.5. The minimum Gasteiger partial charge on any atom is -0.452 e. The molecule has 0 aliphatic carbocycles. The van der Waals surface area contributed by atoms with Gasteiger partial charge < -0.3 is 29.2 Å². The second-order valence-corrected chi connectivity index (χ2v) is 7.96. The highest BCUT2D eigenvalue weighted by molar-refractivity contribution is 5.91. The van der Waals surface area contributed by atoms with Crippen molar-refractivity contribution in [2.45, 2.75) is 30.7 Å². The predicted molar refractivity (Wildman–Crippen MR) is 125 cm³/mol. The lowest BCUT2D eigenvalue weighted by Crippen LogP contribution is -2.62. The maximum Gasteiger partial charge on any atom is 0.338 e. The van der Waals surface area contributed by atoms with E-state index in [9.17, 15) is 24.6 Å². The van der Waals surface area contributed by atoms with Crippen molar-refractivity contribution in [3.63, 3.8) is 0 Å². The van der Waals surface area contributed by atoms with Crippen LogP contribution in [0, 0.1) is 0 Å². The summed E-state index contributed by atoms with van der Waals surface area (Å²) in [5.41, 5.74) is 0.562. The highest BCUT2D eigenvalue weighted by atomic mass is 16.7. The van der Waals surface area contributed by atoms with Crippen LogP contribution in [0.2, 0.25) is 0 Å². The van der Waals surface area contributed by atoms with Gasteiger partial charge in [0, 0.05) is 0 Å². The van der Waals surface area contributed by atoms with Crippen molar-refractivity contribution < 1.29 is 43.5 Å². The van der Waals surface area contributed by atoms with Gasteiger partial charge in [-0.2, -0.15) is 0 Å². The first-order valence-corrected chi connectivity index (χ1v) is 11.2. The Morgan fingerprint density at radius 3 is 1.36 bits per heavy atom. The number of carbonyl (C=O) groups is 3. The van der Waals surface area contributed by atoms with E-state index in [1.54, 1.807) is 54.6 Å². The third kappa shape index (κ3) is 5.77. The van der Waals surface area contributed by atoms with Crippen molar-refractivity contribution in [2.24, 2.45) is 0 Å². The highest BCUT2D eigenvalue weighted by Gasteiger charge is 2.52. The summed E-state index contributed by atoms with van der Waals surface area (Å²) in [6.45, 7) is -0.678. The number of hydrogen-bond donors (Lipinski definition) is 2. The Balaban J connectivity index is 1.66. The molecule has 186 valence electrons. The van der Waals surface area contributed by atoms with E-state index < -0.39 is 55.2 Å². The van der Waals surface area contributed by atoms with Crippen molar-refractivity contribution >= 4 is 17.9 Å². The lowest BCUT2D eigenvalue weighted by molar-refractivity contribution is -0.284. The molecule has 1 aliphatic heterocycles. The van der Waals surface area contributed by atoms with E-state index in [0.29, 0.717) is 0 Å². The highest BCUT2D eigenvalue weighted by Crippen LogP contribution is 2.29. The molecule has 3 unspecified atom stereocenters. The van der Waals surface area contributed by atoms with E-state index >= 15 is 0 Å². The van der Waals surface area contributed by atoms with E-state index in [1.165, 1.54) is 36.4 Å². The Morgan fingerprint density at radius 1 is 0.611 bits per heavy atom. The number of carbonyl (C=O) groups excluding carboxylic acids is 3. The minimum absolute atomic E-state index is 0.181. The minimum atomic E-state index is -1.78.